The van der Waals surface area contributed by atoms with Crippen LogP contribution in [0.1, 0.15) is 12.8 Å². The summed E-state index contributed by atoms with van der Waals surface area (Å²) in [6, 6.07) is 0. The third-order valence-corrected chi connectivity index (χ3v) is 1.61. The lowest BCUT2D eigenvalue weighted by atomic mass is 10.3. The van der Waals surface area contributed by atoms with Crippen molar-refractivity contribution in [2.45, 2.75) is 12.8 Å². The van der Waals surface area contributed by atoms with E-state index < -0.39 is 5.28 Å². The first-order valence-electron chi connectivity index (χ1n) is 4.02. The Hall–Kier alpha value is -0.240. The van der Waals surface area contributed by atoms with Gasteiger partial charge in [0.1, 0.15) is 0 Å². The molecule has 0 heterocycles. The van der Waals surface area contributed by atoms with E-state index in [1.54, 1.807) is 12.6 Å². The normalized spacial score (nSPS) is 13.8. The van der Waals surface area contributed by atoms with Crippen molar-refractivity contribution in [3.63, 3.8) is 0 Å². The molecule has 0 aromatic heterocycles. The molecule has 0 aromatic rings. The summed E-state index contributed by atoms with van der Waals surface area (Å²) in [5.41, 5.74) is 1.58. The lowest BCUT2D eigenvalue weighted by Crippen LogP contribution is -3.19. The molecule has 0 amide bonds. The van der Waals surface area contributed by atoms with Crippen molar-refractivity contribution in [3.8, 4) is 0 Å². The number of hydrogen-bond acceptors (Lipinski definition) is 5. The summed E-state index contributed by atoms with van der Waals surface area (Å²) in [6.45, 7) is 1.61. The zero-order valence-corrected chi connectivity index (χ0v) is 7.63. The molecule has 6 heteroatoms. The van der Waals surface area contributed by atoms with Gasteiger partial charge in [0.05, 0.1) is 0 Å². The van der Waals surface area contributed by atoms with Crippen LogP contribution in [0.2, 0.25) is 0 Å². The fourth-order valence-electron chi connectivity index (χ4n) is 0.838. The van der Waals surface area contributed by atoms with E-state index in [2.05, 4.69) is 5.32 Å². The van der Waals surface area contributed by atoms with Crippen LogP contribution < -0.4 is 16.2 Å². The second-order valence-electron chi connectivity index (χ2n) is 2.65. The molecule has 0 aliphatic rings. The Morgan fingerprint density at radius 1 is 1.50 bits per heavy atom. The molecule has 74 valence electrons. The van der Waals surface area contributed by atoms with Crippen molar-refractivity contribution in [2.24, 2.45) is 0 Å². The fraction of sp³-hybridized carbons (Fsp3) is 1.00. The summed E-state index contributed by atoms with van der Waals surface area (Å²) in [5, 5.41) is 23.0. The van der Waals surface area contributed by atoms with Gasteiger partial charge in [-0.05, 0) is 32.0 Å². The Labute approximate surface area is 72.6 Å². The van der Waals surface area contributed by atoms with Crippen LogP contribution in [0.15, 0.2) is 0 Å². The predicted molar refractivity (Wildman–Crippen MR) is 45.0 cm³/mol. The first-order valence-corrected chi connectivity index (χ1v) is 4.02. The number of unbranched alkanes of at least 4 members (excludes halogenated alkanes) is 1. The van der Waals surface area contributed by atoms with Crippen LogP contribution in [0.25, 0.3) is 0 Å². The van der Waals surface area contributed by atoms with Crippen molar-refractivity contribution in [3.05, 3.63) is 5.21 Å². The van der Waals surface area contributed by atoms with Crippen LogP contribution in [0, 0.1) is 5.21 Å². The van der Waals surface area contributed by atoms with Gasteiger partial charge >= 0.3 is 0 Å². The molecule has 0 saturated carbocycles. The highest BCUT2D eigenvalue weighted by molar-refractivity contribution is 4.44. The van der Waals surface area contributed by atoms with Crippen molar-refractivity contribution >= 4 is 0 Å². The maximum absolute atomic E-state index is 10.7. The van der Waals surface area contributed by atoms with E-state index in [0.717, 1.165) is 19.4 Å². The summed E-state index contributed by atoms with van der Waals surface area (Å²) in [5.74, 6) is 0. The van der Waals surface area contributed by atoms with E-state index in [1.165, 1.54) is 5.01 Å². The number of nitrogens with one attached hydrogen (secondary N) is 3. The highest BCUT2D eigenvalue weighted by Gasteiger charge is 2.03. The molecule has 12 heavy (non-hydrogen) atoms. The molecule has 1 unspecified atom stereocenters. The summed E-state index contributed by atoms with van der Waals surface area (Å²) < 4.78 is 0. The molecule has 0 aliphatic carbocycles. The van der Waals surface area contributed by atoms with Gasteiger partial charge in [0.25, 0.3) is 0 Å². The second-order valence-corrected chi connectivity index (χ2v) is 2.65. The zero-order chi connectivity index (χ0) is 9.40. The zero-order valence-electron chi connectivity index (χ0n) is 7.63. The lowest BCUT2D eigenvalue weighted by molar-refractivity contribution is -1.03. The SMILES string of the molecule is CNCCCCN(C)[NH+]([O-])NO. The first-order chi connectivity index (χ1) is 5.72. The van der Waals surface area contributed by atoms with Gasteiger partial charge in [-0.15, -0.1) is 5.01 Å². The van der Waals surface area contributed by atoms with Crippen molar-refractivity contribution < 1.29 is 10.5 Å². The van der Waals surface area contributed by atoms with Crippen LogP contribution in [0.5, 0.6) is 0 Å². The average Bonchev–Trinajstić information content (AvgIpc) is 2.10. The van der Waals surface area contributed by atoms with Crippen LogP contribution in [0.3, 0.4) is 0 Å². The fourth-order valence-corrected chi connectivity index (χ4v) is 0.838. The summed E-state index contributed by atoms with van der Waals surface area (Å²) in [6.07, 6.45) is 1.96. The van der Waals surface area contributed by atoms with Gasteiger partial charge in [-0.1, -0.05) is 0 Å². The van der Waals surface area contributed by atoms with Gasteiger partial charge in [-0.3, -0.25) is 5.21 Å². The van der Waals surface area contributed by atoms with Crippen LogP contribution >= 0.6 is 0 Å². The Morgan fingerprint density at radius 3 is 2.67 bits per heavy atom. The minimum Gasteiger partial charge on any atom is -0.591 e. The molecule has 0 rings (SSSR count). The number of quaternary nitrogens is 1. The largest absolute Gasteiger partial charge is 0.591 e. The van der Waals surface area contributed by atoms with Crippen molar-refractivity contribution in [1.29, 1.82) is 0 Å². The Bertz CT molecular complexity index is 104. The lowest BCUT2D eigenvalue weighted by Gasteiger charge is -2.27. The topological polar surface area (TPSA) is 75.0 Å². The van der Waals surface area contributed by atoms with Gasteiger partial charge < -0.3 is 10.5 Å². The third-order valence-electron chi connectivity index (χ3n) is 1.61. The molecule has 0 aliphatic heterocycles. The molecule has 0 saturated heterocycles. The van der Waals surface area contributed by atoms with Crippen LogP contribution in [0.4, 0.5) is 0 Å². The molecule has 0 radical (unpaired) electrons. The van der Waals surface area contributed by atoms with Crippen LogP contribution in [-0.2, 0) is 0 Å². The van der Waals surface area contributed by atoms with E-state index in [-0.39, 0.29) is 0 Å². The Balaban J connectivity index is 3.24. The predicted octanol–water partition coefficient (Wildman–Crippen LogP) is -1.89. The minimum atomic E-state index is -0.459. The Morgan fingerprint density at radius 2 is 2.17 bits per heavy atom. The first kappa shape index (κ1) is 11.8. The standard InChI is InChI=1S/C6H18N4O2/c1-7-5-3-4-6-9(2)10(12)8-11/h7-8,10-11H,3-6H2,1-2H3. The molecular formula is C6H18N4O2. The molecule has 1 atom stereocenters. The quantitative estimate of drug-likeness (QED) is 0.271. The summed E-state index contributed by atoms with van der Waals surface area (Å²) in [4.78, 5) is 0. The molecule has 0 aromatic carbocycles. The van der Waals surface area contributed by atoms with Gasteiger partial charge in [0.15, 0.2) is 0 Å². The molecule has 0 spiro atoms. The van der Waals surface area contributed by atoms with E-state index >= 15 is 0 Å². The van der Waals surface area contributed by atoms with E-state index in [0.29, 0.717) is 6.54 Å². The third kappa shape index (κ3) is 5.42. The number of hydrogen-bond donors (Lipinski definition) is 4. The summed E-state index contributed by atoms with van der Waals surface area (Å²) >= 11 is 0. The van der Waals surface area contributed by atoms with Gasteiger partial charge in [0, 0.05) is 13.6 Å². The molecular weight excluding hydrogens is 160 g/mol. The molecule has 0 fully saturated rings. The van der Waals surface area contributed by atoms with Gasteiger partial charge in [0.2, 0.25) is 0 Å². The highest BCUT2D eigenvalue weighted by atomic mass is 16.7. The van der Waals surface area contributed by atoms with Gasteiger partial charge in [-0.25, -0.2) is 0 Å². The van der Waals surface area contributed by atoms with E-state index in [4.69, 9.17) is 5.21 Å². The van der Waals surface area contributed by atoms with E-state index in [1.807, 2.05) is 7.05 Å². The number of rotatable bonds is 7. The average molecular weight is 178 g/mol. The molecule has 6 nitrogen and oxygen atoms in total. The Kier molecular flexibility index (Phi) is 7.26. The van der Waals surface area contributed by atoms with Crippen molar-refractivity contribution in [2.75, 3.05) is 27.2 Å². The smallest absolute Gasteiger partial charge is 0.0497 e. The van der Waals surface area contributed by atoms with E-state index in [9.17, 15) is 5.21 Å². The maximum atomic E-state index is 10.7. The summed E-state index contributed by atoms with van der Waals surface area (Å²) in [7, 11) is 3.54. The van der Waals surface area contributed by atoms with Crippen molar-refractivity contribution in [1.82, 2.24) is 15.9 Å². The number of nitrogens with zero attached hydrogens (tertiary/aromatic N) is 1. The maximum Gasteiger partial charge on any atom is 0.0497 e. The van der Waals surface area contributed by atoms with Gasteiger partial charge in [-0.2, -0.15) is 5.28 Å². The monoisotopic (exact) mass is 178 g/mol. The second kappa shape index (κ2) is 7.41. The highest BCUT2D eigenvalue weighted by Crippen LogP contribution is 1.85. The van der Waals surface area contributed by atoms with Crippen LogP contribution in [-0.4, -0.2) is 37.4 Å². The molecule has 0 bridgehead atoms. The minimum absolute atomic E-state index is 0.459. The molecule has 4 N–H and O–H groups in total.